The van der Waals surface area contributed by atoms with Crippen LogP contribution in [0, 0.1) is 0 Å². The van der Waals surface area contributed by atoms with Gasteiger partial charge in [0.05, 0.1) is 21.8 Å². The summed E-state index contributed by atoms with van der Waals surface area (Å²) in [5.74, 6) is 1.15. The van der Waals surface area contributed by atoms with Crippen molar-refractivity contribution in [1.29, 1.82) is 0 Å². The van der Waals surface area contributed by atoms with Gasteiger partial charge in [-0.15, -0.1) is 0 Å². The lowest BCUT2D eigenvalue weighted by Crippen LogP contribution is -2.00. The molecule has 0 saturated carbocycles. The Morgan fingerprint density at radius 2 is 1.76 bits per heavy atom. The Hall–Kier alpha value is -2.76. The average molecular weight is 368 g/mol. The van der Waals surface area contributed by atoms with Crippen molar-refractivity contribution in [1.82, 2.24) is 19.9 Å². The number of nitrogens with one attached hydrogen (secondary N) is 1. The molecule has 2 heterocycles. The van der Waals surface area contributed by atoms with E-state index in [9.17, 15) is 0 Å². The van der Waals surface area contributed by atoms with Gasteiger partial charge in [0, 0.05) is 23.5 Å². The summed E-state index contributed by atoms with van der Waals surface area (Å²) in [6, 6.07) is 13.1. The normalized spacial score (nSPS) is 10.8. The van der Waals surface area contributed by atoms with Crippen LogP contribution >= 0.6 is 23.2 Å². The molecular weight excluding hydrogens is 357 g/mol. The van der Waals surface area contributed by atoms with Gasteiger partial charge in [-0.25, -0.2) is 15.0 Å². The molecule has 25 heavy (non-hydrogen) atoms. The molecule has 7 heteroatoms. The molecule has 0 bridgehead atoms. The van der Waals surface area contributed by atoms with Crippen LogP contribution in [0.4, 0.5) is 11.5 Å². The first-order valence-electron chi connectivity index (χ1n) is 7.46. The minimum atomic E-state index is 0.471. The predicted octanol–water partition coefficient (Wildman–Crippen LogP) is 5.14. The van der Waals surface area contributed by atoms with E-state index in [-0.39, 0.29) is 0 Å². The van der Waals surface area contributed by atoms with Crippen molar-refractivity contribution in [3.63, 3.8) is 0 Å². The van der Waals surface area contributed by atoms with Crippen molar-refractivity contribution >= 4 is 45.6 Å². The van der Waals surface area contributed by atoms with Gasteiger partial charge < -0.3 is 5.32 Å². The summed E-state index contributed by atoms with van der Waals surface area (Å²) >= 11 is 12.1. The van der Waals surface area contributed by atoms with E-state index in [0.717, 1.165) is 16.6 Å². The predicted molar refractivity (Wildman–Crippen MR) is 100 cm³/mol. The van der Waals surface area contributed by atoms with Crippen LogP contribution in [0.25, 0.3) is 22.4 Å². The van der Waals surface area contributed by atoms with Crippen molar-refractivity contribution in [2.75, 3.05) is 5.32 Å². The van der Waals surface area contributed by atoms with E-state index < -0.39 is 0 Å². The Morgan fingerprint density at radius 1 is 0.880 bits per heavy atom. The smallest absolute Gasteiger partial charge is 0.182 e. The summed E-state index contributed by atoms with van der Waals surface area (Å²) < 4.78 is 0. The highest BCUT2D eigenvalue weighted by Gasteiger charge is 2.11. The van der Waals surface area contributed by atoms with E-state index >= 15 is 0 Å². The fourth-order valence-corrected chi connectivity index (χ4v) is 2.71. The highest BCUT2D eigenvalue weighted by Crippen LogP contribution is 2.30. The zero-order valence-electron chi connectivity index (χ0n) is 12.8. The van der Waals surface area contributed by atoms with Crippen molar-refractivity contribution in [3.8, 4) is 11.5 Å². The minimum Gasteiger partial charge on any atom is -0.340 e. The molecule has 0 saturated heterocycles. The maximum absolute atomic E-state index is 6.10. The molecule has 1 N–H and O–H groups in total. The van der Waals surface area contributed by atoms with Crippen molar-refractivity contribution in [2.24, 2.45) is 0 Å². The maximum atomic E-state index is 6.10. The monoisotopic (exact) mass is 367 g/mol. The molecule has 4 rings (SSSR count). The molecule has 5 nitrogen and oxygen atoms in total. The molecule has 0 fully saturated rings. The number of halogens is 2. The molecule has 0 aliphatic heterocycles. The van der Waals surface area contributed by atoms with Crippen LogP contribution < -0.4 is 5.32 Å². The molecule has 0 aliphatic rings. The number of anilines is 2. The van der Waals surface area contributed by atoms with Gasteiger partial charge in [0.15, 0.2) is 5.82 Å². The van der Waals surface area contributed by atoms with Gasteiger partial charge in [0.1, 0.15) is 11.5 Å². The molecule has 0 aliphatic carbocycles. The van der Waals surface area contributed by atoms with Crippen LogP contribution in [0.3, 0.4) is 0 Å². The fourth-order valence-electron chi connectivity index (χ4n) is 2.41. The summed E-state index contributed by atoms with van der Waals surface area (Å²) in [5.41, 5.74) is 2.19. The molecule has 0 radical (unpaired) electrons. The molecule has 4 aromatic rings. The van der Waals surface area contributed by atoms with E-state index in [4.69, 9.17) is 23.2 Å². The van der Waals surface area contributed by atoms with Crippen molar-refractivity contribution in [3.05, 3.63) is 71.1 Å². The van der Waals surface area contributed by atoms with Crippen molar-refractivity contribution in [2.45, 2.75) is 0 Å². The number of benzene rings is 2. The van der Waals surface area contributed by atoms with E-state index in [1.165, 1.54) is 0 Å². The topological polar surface area (TPSA) is 63.6 Å². The highest BCUT2D eigenvalue weighted by molar-refractivity contribution is 6.42. The van der Waals surface area contributed by atoms with Crippen LogP contribution in [-0.2, 0) is 0 Å². The second-order valence-corrected chi connectivity index (χ2v) is 6.07. The molecule has 0 atom stereocenters. The molecule has 0 amide bonds. The molecule has 122 valence electrons. The van der Waals surface area contributed by atoms with E-state index in [2.05, 4.69) is 25.3 Å². The van der Waals surface area contributed by atoms with Crippen LogP contribution in [0.2, 0.25) is 10.0 Å². The second kappa shape index (κ2) is 6.63. The SMILES string of the molecule is Clc1ccc(Nc2nc(-c3cnccn3)nc3ccccc23)cc1Cl. The molecular formula is C18H11Cl2N5. The zero-order valence-corrected chi connectivity index (χ0v) is 14.3. The number of nitrogens with zero attached hydrogens (tertiary/aromatic N) is 4. The van der Waals surface area contributed by atoms with Gasteiger partial charge in [0.25, 0.3) is 0 Å². The summed E-state index contributed by atoms with van der Waals surface area (Å²) in [6.07, 6.45) is 4.85. The van der Waals surface area contributed by atoms with Crippen molar-refractivity contribution < 1.29 is 0 Å². The van der Waals surface area contributed by atoms with Gasteiger partial charge in [-0.1, -0.05) is 35.3 Å². The number of rotatable bonds is 3. The second-order valence-electron chi connectivity index (χ2n) is 5.26. The van der Waals surface area contributed by atoms with Crippen LogP contribution in [0.15, 0.2) is 61.1 Å². The molecule has 0 unspecified atom stereocenters. The quantitative estimate of drug-likeness (QED) is 0.543. The largest absolute Gasteiger partial charge is 0.340 e. The fraction of sp³-hybridized carbons (Fsp3) is 0. The number of hydrogen-bond acceptors (Lipinski definition) is 5. The standard InChI is InChI=1S/C18H11Cl2N5/c19-13-6-5-11(9-14(13)20)23-17-12-3-1-2-4-15(12)24-18(25-17)16-10-21-7-8-22-16/h1-10H,(H,23,24,25). The Labute approximate surface area is 153 Å². The van der Waals surface area contributed by atoms with Crippen LogP contribution in [0.5, 0.6) is 0 Å². The van der Waals surface area contributed by atoms with Crippen LogP contribution in [-0.4, -0.2) is 19.9 Å². The molecule has 0 spiro atoms. The first-order valence-corrected chi connectivity index (χ1v) is 8.21. The van der Waals surface area contributed by atoms with E-state index in [1.807, 2.05) is 30.3 Å². The van der Waals surface area contributed by atoms with Gasteiger partial charge in [-0.3, -0.25) is 4.98 Å². The van der Waals surface area contributed by atoms with Gasteiger partial charge in [-0.05, 0) is 30.3 Å². The lowest BCUT2D eigenvalue weighted by molar-refractivity contribution is 1.13. The Balaban J connectivity index is 1.85. The maximum Gasteiger partial charge on any atom is 0.182 e. The number of aromatic nitrogens is 4. The lowest BCUT2D eigenvalue weighted by Gasteiger charge is -2.11. The Bertz CT molecular complexity index is 1050. The third-order valence-corrected chi connectivity index (χ3v) is 4.32. The number of fused-ring (bicyclic) bond motifs is 1. The Morgan fingerprint density at radius 3 is 2.56 bits per heavy atom. The number of hydrogen-bond donors (Lipinski definition) is 1. The van der Waals surface area contributed by atoms with E-state index in [1.54, 1.807) is 30.7 Å². The molecule has 2 aromatic carbocycles. The first-order chi connectivity index (χ1) is 12.2. The summed E-state index contributed by atoms with van der Waals surface area (Å²) in [6.45, 7) is 0. The minimum absolute atomic E-state index is 0.471. The summed E-state index contributed by atoms with van der Waals surface area (Å²) in [7, 11) is 0. The third kappa shape index (κ3) is 3.24. The van der Waals surface area contributed by atoms with Gasteiger partial charge >= 0.3 is 0 Å². The Kier molecular flexibility index (Phi) is 4.17. The summed E-state index contributed by atoms with van der Waals surface area (Å²) in [4.78, 5) is 17.6. The highest BCUT2D eigenvalue weighted by atomic mass is 35.5. The van der Waals surface area contributed by atoms with E-state index in [0.29, 0.717) is 27.4 Å². The average Bonchev–Trinajstić information content (AvgIpc) is 2.65. The third-order valence-electron chi connectivity index (χ3n) is 3.58. The van der Waals surface area contributed by atoms with Gasteiger partial charge in [-0.2, -0.15) is 0 Å². The van der Waals surface area contributed by atoms with Gasteiger partial charge in [0.2, 0.25) is 0 Å². The molecule has 2 aromatic heterocycles. The lowest BCUT2D eigenvalue weighted by atomic mass is 10.2. The van der Waals surface area contributed by atoms with Crippen LogP contribution in [0.1, 0.15) is 0 Å². The zero-order chi connectivity index (χ0) is 17.2. The first kappa shape index (κ1) is 15.7. The summed E-state index contributed by atoms with van der Waals surface area (Å²) in [5, 5.41) is 5.14. The number of para-hydroxylation sites is 1.